The van der Waals surface area contributed by atoms with Crippen LogP contribution in [-0.4, -0.2) is 59.0 Å². The molecule has 8 nitrogen and oxygen atoms in total. The number of halogens is 7. The number of anilines is 1. The smallest absolute Gasteiger partial charge is 0.406 e. The molecular weight excluding hydrogens is 522 g/mol. The van der Waals surface area contributed by atoms with Gasteiger partial charge < -0.3 is 14.8 Å². The molecule has 1 aliphatic heterocycles. The summed E-state index contributed by atoms with van der Waals surface area (Å²) >= 11 is 5.40. The molecule has 1 N–H and O–H groups in total. The van der Waals surface area contributed by atoms with Crippen molar-refractivity contribution in [3.8, 4) is 5.75 Å². The molecule has 1 saturated heterocycles. The van der Waals surface area contributed by atoms with Gasteiger partial charge in [0.15, 0.2) is 5.54 Å². The lowest BCUT2D eigenvalue weighted by atomic mass is 9.89. The summed E-state index contributed by atoms with van der Waals surface area (Å²) in [6.45, 7) is 0.0691. The van der Waals surface area contributed by atoms with Crippen LogP contribution in [0.3, 0.4) is 0 Å². The highest BCUT2D eigenvalue weighted by Crippen LogP contribution is 2.37. The lowest BCUT2D eigenvalue weighted by Crippen LogP contribution is -2.63. The van der Waals surface area contributed by atoms with E-state index < -0.39 is 53.7 Å². The molecule has 3 atom stereocenters. The first kappa shape index (κ1) is 27.5. The van der Waals surface area contributed by atoms with Gasteiger partial charge in [-0.1, -0.05) is 11.6 Å². The molecule has 1 aromatic carbocycles. The maximum atomic E-state index is 14.4. The van der Waals surface area contributed by atoms with Gasteiger partial charge in [-0.05, 0) is 37.6 Å². The first-order chi connectivity index (χ1) is 16.8. The van der Waals surface area contributed by atoms with Crippen molar-refractivity contribution in [1.29, 1.82) is 0 Å². The van der Waals surface area contributed by atoms with E-state index >= 15 is 0 Å². The fraction of sp³-hybridized carbons (Fsp3) is 0.429. The molecule has 0 aliphatic carbocycles. The second-order valence-electron chi connectivity index (χ2n) is 7.84. The molecule has 2 aromatic rings. The van der Waals surface area contributed by atoms with Crippen molar-refractivity contribution in [1.82, 2.24) is 15.3 Å². The molecule has 2 amide bonds. The molecule has 0 bridgehead atoms. The van der Waals surface area contributed by atoms with Crippen LogP contribution >= 0.6 is 11.6 Å². The molecule has 1 unspecified atom stereocenters. The van der Waals surface area contributed by atoms with Gasteiger partial charge in [-0.3, -0.25) is 14.5 Å². The minimum atomic E-state index is -5.01. The van der Waals surface area contributed by atoms with Gasteiger partial charge in [0.05, 0.1) is 6.04 Å². The first-order valence-corrected chi connectivity index (χ1v) is 10.7. The highest BCUT2D eigenvalue weighted by molar-refractivity contribution is 6.32. The summed E-state index contributed by atoms with van der Waals surface area (Å²) in [6.07, 6.45) is -2.00. The average Bonchev–Trinajstić information content (AvgIpc) is 2.80. The molecule has 196 valence electrons. The molecule has 0 spiro atoms. The Kier molecular flexibility index (Phi) is 7.98. The molecule has 1 aliphatic rings. The zero-order valence-electron chi connectivity index (χ0n) is 18.4. The van der Waals surface area contributed by atoms with Gasteiger partial charge in [0.2, 0.25) is 0 Å². The fourth-order valence-corrected chi connectivity index (χ4v) is 3.71. The summed E-state index contributed by atoms with van der Waals surface area (Å²) in [4.78, 5) is 34.5. The van der Waals surface area contributed by atoms with Crippen molar-refractivity contribution in [3.05, 3.63) is 48.5 Å². The van der Waals surface area contributed by atoms with Crippen molar-refractivity contribution < 1.29 is 45.4 Å². The molecule has 0 radical (unpaired) electrons. The van der Waals surface area contributed by atoms with Crippen LogP contribution in [0.15, 0.2) is 43.0 Å². The number of carbonyl (C=O) groups is 2. The van der Waals surface area contributed by atoms with E-state index in [1.165, 1.54) is 0 Å². The lowest BCUT2D eigenvalue weighted by Gasteiger charge is -2.42. The lowest BCUT2D eigenvalue weighted by molar-refractivity contribution is -0.274. The van der Waals surface area contributed by atoms with Crippen LogP contribution < -0.4 is 15.0 Å². The Hall–Kier alpha value is -3.13. The largest absolute Gasteiger partial charge is 0.573 e. The van der Waals surface area contributed by atoms with Gasteiger partial charge in [0.25, 0.3) is 23.4 Å². The molecule has 15 heteroatoms. The number of carbonyl (C=O) groups excluding carboxylic acids is 2. The number of nitrogens with one attached hydrogen (secondary N) is 1. The number of hydrogen-bond acceptors (Lipinski definition) is 6. The van der Waals surface area contributed by atoms with E-state index in [-0.39, 0.29) is 24.3 Å². The van der Waals surface area contributed by atoms with Gasteiger partial charge >= 0.3 is 6.36 Å². The van der Waals surface area contributed by atoms with Gasteiger partial charge in [0.1, 0.15) is 18.7 Å². The number of benzene rings is 1. The zero-order chi connectivity index (χ0) is 26.7. The summed E-state index contributed by atoms with van der Waals surface area (Å²) in [5, 5.41) is 2.18. The maximum absolute atomic E-state index is 14.4. The molecule has 1 fully saturated rings. The van der Waals surface area contributed by atoms with Gasteiger partial charge in [-0.15, -0.1) is 13.2 Å². The van der Waals surface area contributed by atoms with Crippen LogP contribution in [0.1, 0.15) is 18.9 Å². The highest BCUT2D eigenvalue weighted by atomic mass is 35.5. The zero-order valence-corrected chi connectivity index (χ0v) is 19.2. The van der Waals surface area contributed by atoms with Crippen molar-refractivity contribution >= 4 is 29.1 Å². The third kappa shape index (κ3) is 5.98. The summed E-state index contributed by atoms with van der Waals surface area (Å²) in [6, 6.07) is 1.82. The Bertz CT molecular complexity index is 1070. The molecule has 0 saturated carbocycles. The quantitative estimate of drug-likeness (QED) is 0.425. The van der Waals surface area contributed by atoms with Gasteiger partial charge in [-0.25, -0.2) is 23.1 Å². The number of aromatic nitrogens is 2. The van der Waals surface area contributed by atoms with Gasteiger partial charge in [0, 0.05) is 30.3 Å². The normalized spacial score (nSPS) is 20.1. The minimum Gasteiger partial charge on any atom is -0.406 e. The highest BCUT2D eigenvalue weighted by Gasteiger charge is 2.51. The summed E-state index contributed by atoms with van der Waals surface area (Å²) < 4.78 is 89.1. The van der Waals surface area contributed by atoms with Crippen LogP contribution in [-0.2, 0) is 19.9 Å². The number of hydrogen-bond donors (Lipinski definition) is 1. The van der Waals surface area contributed by atoms with E-state index in [2.05, 4.69) is 20.0 Å². The number of rotatable bonds is 7. The Morgan fingerprint density at radius 2 is 1.83 bits per heavy atom. The number of ether oxygens (including phenoxy) is 2. The fourth-order valence-electron chi connectivity index (χ4n) is 3.61. The summed E-state index contributed by atoms with van der Waals surface area (Å²) in [7, 11) is 0. The third-order valence-electron chi connectivity index (χ3n) is 5.41. The molecular formula is C21H19ClF6N4O4. The Labute approximate surface area is 205 Å². The molecule has 2 heterocycles. The van der Waals surface area contributed by atoms with E-state index in [0.29, 0.717) is 4.90 Å². The molecule has 36 heavy (non-hydrogen) atoms. The molecule has 1 aromatic heterocycles. The monoisotopic (exact) mass is 540 g/mol. The number of amides is 2. The van der Waals surface area contributed by atoms with Crippen molar-refractivity contribution in [2.45, 2.75) is 42.8 Å². The van der Waals surface area contributed by atoms with Crippen LogP contribution in [0.4, 0.5) is 32.0 Å². The second-order valence-corrected chi connectivity index (χ2v) is 8.23. The summed E-state index contributed by atoms with van der Waals surface area (Å²) in [5.74, 6) is -6.80. The van der Waals surface area contributed by atoms with E-state index in [4.69, 9.17) is 16.3 Å². The SMILES string of the molecule is C[C@@](C(=O)NC1CCOCC1(F)F)(c1cncnc1)N(C(=O)[C@H](F)Cl)c1ccc(OC(F)(F)F)cc1. The minimum absolute atomic E-state index is 0.0801. The second kappa shape index (κ2) is 10.5. The number of nitrogens with zero attached hydrogens (tertiary/aromatic N) is 3. The number of alkyl halides is 7. The third-order valence-corrected chi connectivity index (χ3v) is 5.59. The summed E-state index contributed by atoms with van der Waals surface area (Å²) in [5.41, 5.74) is -5.41. The standard InChI is InChI=1S/C21H19ClF6N4O4/c1-19(12-8-29-11-30-9-12,18(34)31-15-6-7-35-10-20(15,24)25)32(17(33)16(22)23)13-2-4-14(5-3-13)36-21(26,27)28/h2-5,8-9,11,15-16H,6-7,10H2,1H3,(H,31,34)/t15?,16-,19-/m0/s1. The van der Waals surface area contributed by atoms with E-state index in [1.807, 2.05) is 0 Å². The van der Waals surface area contributed by atoms with E-state index in [1.54, 1.807) is 0 Å². The predicted octanol–water partition coefficient (Wildman–Crippen LogP) is 3.70. The van der Waals surface area contributed by atoms with E-state index in [9.17, 15) is 35.9 Å². The van der Waals surface area contributed by atoms with Crippen LogP contribution in [0.5, 0.6) is 5.75 Å². The first-order valence-electron chi connectivity index (χ1n) is 10.3. The van der Waals surface area contributed by atoms with Crippen LogP contribution in [0.2, 0.25) is 0 Å². The topological polar surface area (TPSA) is 93.6 Å². The maximum Gasteiger partial charge on any atom is 0.573 e. The Morgan fingerprint density at radius 3 is 2.36 bits per heavy atom. The van der Waals surface area contributed by atoms with Crippen LogP contribution in [0, 0.1) is 0 Å². The van der Waals surface area contributed by atoms with Crippen molar-refractivity contribution in [2.24, 2.45) is 0 Å². The van der Waals surface area contributed by atoms with Crippen molar-refractivity contribution in [2.75, 3.05) is 18.1 Å². The van der Waals surface area contributed by atoms with Gasteiger partial charge in [-0.2, -0.15) is 0 Å². The van der Waals surface area contributed by atoms with Crippen molar-refractivity contribution in [3.63, 3.8) is 0 Å². The van der Waals surface area contributed by atoms with Crippen LogP contribution in [0.25, 0.3) is 0 Å². The molecule has 3 rings (SSSR count). The Balaban J connectivity index is 2.10. The van der Waals surface area contributed by atoms with E-state index in [0.717, 1.165) is 49.9 Å². The average molecular weight is 541 g/mol. The predicted molar refractivity (Wildman–Crippen MR) is 113 cm³/mol. The Morgan fingerprint density at radius 1 is 1.22 bits per heavy atom.